The zero-order chi connectivity index (χ0) is 9.26. The maximum Gasteiger partial charge on any atom is 0.111 e. The molecule has 0 spiro atoms. The van der Waals surface area contributed by atoms with E-state index in [1.165, 1.54) is 15.8 Å². The van der Waals surface area contributed by atoms with Crippen molar-refractivity contribution in [2.24, 2.45) is 0 Å². The fourth-order valence-electron chi connectivity index (χ4n) is 1.31. The van der Waals surface area contributed by atoms with Crippen molar-refractivity contribution < 1.29 is 4.39 Å². The molecule has 0 unspecified atom stereocenters. The fraction of sp³-hybridized carbons (Fsp3) is 0.0909. The van der Waals surface area contributed by atoms with Gasteiger partial charge in [-0.3, -0.25) is 0 Å². The van der Waals surface area contributed by atoms with Gasteiger partial charge in [-0.25, -0.2) is 0 Å². The first kappa shape index (κ1) is 8.28. The Morgan fingerprint density at radius 3 is 2.92 bits per heavy atom. The van der Waals surface area contributed by atoms with Crippen LogP contribution in [0.3, 0.4) is 0 Å². The van der Waals surface area contributed by atoms with Gasteiger partial charge in [0.05, 0.1) is 0 Å². The summed E-state index contributed by atoms with van der Waals surface area (Å²) in [6.45, 7) is 2.06. The number of thiophene rings is 1. The molecule has 2 heteroatoms. The molecule has 0 bridgehead atoms. The third kappa shape index (κ3) is 1.56. The molecule has 1 aromatic heterocycles. The summed E-state index contributed by atoms with van der Waals surface area (Å²) in [6, 6.07) is 7.81. The topological polar surface area (TPSA) is 0 Å². The smallest absolute Gasteiger partial charge is 0.111 e. The van der Waals surface area contributed by atoms with Gasteiger partial charge in [-0.2, -0.15) is 0 Å². The van der Waals surface area contributed by atoms with E-state index < -0.39 is 0 Å². The molecule has 0 aliphatic heterocycles. The molecule has 0 radical (unpaired) electrons. The molecular weight excluding hydrogens is 183 g/mol. The maximum absolute atomic E-state index is 11.7. The summed E-state index contributed by atoms with van der Waals surface area (Å²) in [7, 11) is 0. The first-order valence-corrected chi connectivity index (χ1v) is 4.73. The second kappa shape index (κ2) is 3.20. The van der Waals surface area contributed by atoms with Crippen LogP contribution in [-0.2, 0) is 0 Å². The van der Waals surface area contributed by atoms with Crippen LogP contribution in [0.1, 0.15) is 10.4 Å². The van der Waals surface area contributed by atoms with Crippen LogP contribution in [0, 0.1) is 19.0 Å². The third-order valence-electron chi connectivity index (χ3n) is 1.83. The molecule has 0 aliphatic carbocycles. The number of benzene rings is 1. The van der Waals surface area contributed by atoms with Crippen LogP contribution in [0.25, 0.3) is 10.1 Å². The van der Waals surface area contributed by atoms with E-state index >= 15 is 0 Å². The van der Waals surface area contributed by atoms with Crippen LogP contribution in [0.4, 0.5) is 4.39 Å². The lowest BCUT2D eigenvalue weighted by Crippen LogP contribution is -1.70. The predicted octanol–water partition coefficient (Wildman–Crippen LogP) is 3.49. The van der Waals surface area contributed by atoms with Crippen molar-refractivity contribution in [1.82, 2.24) is 0 Å². The molecule has 2 aromatic rings. The zero-order valence-electron chi connectivity index (χ0n) is 7.10. The van der Waals surface area contributed by atoms with Gasteiger partial charge in [-0.05, 0) is 42.5 Å². The van der Waals surface area contributed by atoms with Gasteiger partial charge in [-0.1, -0.05) is 0 Å². The number of halogens is 1. The Morgan fingerprint density at radius 2 is 2.15 bits per heavy atom. The molecule has 1 heterocycles. The van der Waals surface area contributed by atoms with Crippen LogP contribution in [0.5, 0.6) is 0 Å². The molecule has 0 nitrogen and oxygen atoms in total. The fourth-order valence-corrected chi connectivity index (χ4v) is 2.21. The largest absolute Gasteiger partial charge is 0.144 e. The van der Waals surface area contributed by atoms with Crippen LogP contribution in [-0.4, -0.2) is 0 Å². The van der Waals surface area contributed by atoms with Crippen molar-refractivity contribution in [3.05, 3.63) is 34.7 Å². The lowest BCUT2D eigenvalue weighted by atomic mass is 10.2. The number of aryl methyl sites for hydroxylation is 1. The minimum absolute atomic E-state index is 0.729. The highest BCUT2D eigenvalue weighted by atomic mass is 32.1. The molecule has 0 atom stereocenters. The van der Waals surface area contributed by atoms with Gasteiger partial charge < -0.3 is 0 Å². The Morgan fingerprint density at radius 1 is 1.31 bits per heavy atom. The quantitative estimate of drug-likeness (QED) is 0.558. The zero-order valence-corrected chi connectivity index (χ0v) is 7.91. The molecule has 0 saturated carbocycles. The van der Waals surface area contributed by atoms with Crippen molar-refractivity contribution >= 4 is 21.4 Å². The molecule has 13 heavy (non-hydrogen) atoms. The van der Waals surface area contributed by atoms with Crippen LogP contribution in [0.15, 0.2) is 24.3 Å². The van der Waals surface area contributed by atoms with E-state index in [4.69, 9.17) is 0 Å². The third-order valence-corrected chi connectivity index (χ3v) is 2.86. The SMILES string of the molecule is Cc1cc2cc(C#CF)ccc2s1. The van der Waals surface area contributed by atoms with Crippen LogP contribution >= 0.6 is 11.3 Å². The van der Waals surface area contributed by atoms with Crippen molar-refractivity contribution in [1.29, 1.82) is 0 Å². The molecule has 0 fully saturated rings. The number of fused-ring (bicyclic) bond motifs is 1. The minimum Gasteiger partial charge on any atom is -0.144 e. The van der Waals surface area contributed by atoms with E-state index in [-0.39, 0.29) is 0 Å². The van der Waals surface area contributed by atoms with Gasteiger partial charge in [0, 0.05) is 15.1 Å². The Labute approximate surface area is 80.0 Å². The average molecular weight is 190 g/mol. The number of hydrogen-bond donors (Lipinski definition) is 0. The first-order chi connectivity index (χ1) is 6.29. The van der Waals surface area contributed by atoms with E-state index in [9.17, 15) is 4.39 Å². The molecular formula is C11H7FS. The van der Waals surface area contributed by atoms with Gasteiger partial charge in [-0.15, -0.1) is 15.7 Å². The molecule has 64 valence electrons. The number of rotatable bonds is 0. The first-order valence-electron chi connectivity index (χ1n) is 3.91. The Balaban J connectivity index is 2.65. The summed E-state index contributed by atoms with van der Waals surface area (Å²) in [5.41, 5.74) is 0.729. The molecule has 2 rings (SSSR count). The van der Waals surface area contributed by atoms with E-state index in [0.717, 1.165) is 10.9 Å². The van der Waals surface area contributed by atoms with Crippen LogP contribution in [0.2, 0.25) is 0 Å². The van der Waals surface area contributed by atoms with E-state index in [2.05, 4.69) is 18.9 Å². The molecule has 0 N–H and O–H groups in total. The summed E-state index contributed by atoms with van der Waals surface area (Å²) in [4.78, 5) is 1.26. The summed E-state index contributed by atoms with van der Waals surface area (Å²) >= 11 is 1.74. The molecule has 0 amide bonds. The lowest BCUT2D eigenvalue weighted by molar-refractivity contribution is 0.774. The Kier molecular flexibility index (Phi) is 2.03. The van der Waals surface area contributed by atoms with Crippen LogP contribution < -0.4 is 0 Å². The lowest BCUT2D eigenvalue weighted by Gasteiger charge is -1.89. The monoisotopic (exact) mass is 190 g/mol. The summed E-state index contributed by atoms with van der Waals surface area (Å²) in [6.07, 6.45) is 1.41. The standard InChI is InChI=1S/C11H7FS/c1-8-6-10-7-9(4-5-12)2-3-11(10)13-8/h2-3,6-7H,1H3. The van der Waals surface area contributed by atoms with Gasteiger partial charge in [0.15, 0.2) is 0 Å². The summed E-state index contributed by atoms with van der Waals surface area (Å²) < 4.78 is 12.9. The highest BCUT2D eigenvalue weighted by Gasteiger charge is 1.98. The van der Waals surface area contributed by atoms with Gasteiger partial charge in [0.1, 0.15) is 6.17 Å². The second-order valence-electron chi connectivity index (χ2n) is 2.83. The molecule has 0 aliphatic rings. The normalized spacial score (nSPS) is 9.69. The van der Waals surface area contributed by atoms with Gasteiger partial charge >= 0.3 is 0 Å². The van der Waals surface area contributed by atoms with E-state index in [1.54, 1.807) is 11.3 Å². The molecule has 1 aromatic carbocycles. The Hall–Kier alpha value is -1.33. The maximum atomic E-state index is 11.7. The van der Waals surface area contributed by atoms with Gasteiger partial charge in [0.2, 0.25) is 0 Å². The highest BCUT2D eigenvalue weighted by molar-refractivity contribution is 7.19. The van der Waals surface area contributed by atoms with E-state index in [1.807, 2.05) is 18.2 Å². The van der Waals surface area contributed by atoms with Crippen molar-refractivity contribution in [3.8, 4) is 12.1 Å². The van der Waals surface area contributed by atoms with Crippen molar-refractivity contribution in [2.45, 2.75) is 6.92 Å². The van der Waals surface area contributed by atoms with Gasteiger partial charge in [0.25, 0.3) is 0 Å². The van der Waals surface area contributed by atoms with Crippen molar-refractivity contribution in [3.63, 3.8) is 0 Å². The van der Waals surface area contributed by atoms with E-state index in [0.29, 0.717) is 0 Å². The molecule has 0 saturated heterocycles. The Bertz CT molecular complexity index is 500. The predicted molar refractivity (Wildman–Crippen MR) is 54.5 cm³/mol. The summed E-state index contributed by atoms with van der Waals surface area (Å²) in [5.74, 6) is 2.40. The summed E-state index contributed by atoms with van der Waals surface area (Å²) in [5, 5.41) is 1.14. The second-order valence-corrected chi connectivity index (χ2v) is 4.12. The number of hydrogen-bond acceptors (Lipinski definition) is 1. The average Bonchev–Trinajstić information content (AvgIpc) is 2.44. The minimum atomic E-state index is 0.729. The van der Waals surface area contributed by atoms with Crippen molar-refractivity contribution in [2.75, 3.05) is 0 Å². The highest BCUT2D eigenvalue weighted by Crippen LogP contribution is 2.25.